The summed E-state index contributed by atoms with van der Waals surface area (Å²) in [5, 5.41) is 0. The SMILES string of the molecule is C#CCOc1ccc(C2(c3ccc(OCC#C)c(-c4ccccc4)c3)C(=O)N(CC#C)c3ccccc32)cc1-c1ccccc1. The second kappa shape index (κ2) is 12.6. The summed E-state index contributed by atoms with van der Waals surface area (Å²) in [5.74, 6) is 8.90. The Morgan fingerprint density at radius 2 is 1.09 bits per heavy atom. The summed E-state index contributed by atoms with van der Waals surface area (Å²) in [5.41, 5.74) is 5.40. The predicted octanol–water partition coefficient (Wildman–Crippen LogP) is 7.36. The Morgan fingerprint density at radius 1 is 0.600 bits per heavy atom. The Balaban J connectivity index is 1.67. The van der Waals surface area contributed by atoms with Crippen molar-refractivity contribution in [3.63, 3.8) is 0 Å². The van der Waals surface area contributed by atoms with E-state index in [0.717, 1.165) is 44.6 Å². The van der Waals surface area contributed by atoms with Crippen molar-refractivity contribution in [1.82, 2.24) is 0 Å². The molecule has 0 saturated heterocycles. The number of carbonyl (C=O) groups excluding carboxylic acids is 1. The van der Waals surface area contributed by atoms with E-state index in [1.54, 1.807) is 4.90 Å². The lowest BCUT2D eigenvalue weighted by Gasteiger charge is -2.31. The molecular formula is C41H29NO3. The van der Waals surface area contributed by atoms with Gasteiger partial charge in [0.2, 0.25) is 5.91 Å². The molecule has 0 radical (unpaired) electrons. The van der Waals surface area contributed by atoms with Crippen molar-refractivity contribution < 1.29 is 14.3 Å². The maximum atomic E-state index is 15.0. The highest BCUT2D eigenvalue weighted by Gasteiger charge is 2.53. The molecular weight excluding hydrogens is 554 g/mol. The lowest BCUT2D eigenvalue weighted by molar-refractivity contribution is -0.120. The topological polar surface area (TPSA) is 38.8 Å². The third-order valence-corrected chi connectivity index (χ3v) is 8.03. The van der Waals surface area contributed by atoms with E-state index in [1.807, 2.05) is 121 Å². The normalized spacial score (nSPS) is 12.8. The number of fused-ring (bicyclic) bond motifs is 1. The van der Waals surface area contributed by atoms with Crippen molar-refractivity contribution in [3.8, 4) is 70.8 Å². The van der Waals surface area contributed by atoms with Gasteiger partial charge in [-0.2, -0.15) is 0 Å². The van der Waals surface area contributed by atoms with E-state index in [0.29, 0.717) is 11.5 Å². The van der Waals surface area contributed by atoms with Crippen molar-refractivity contribution in [3.05, 3.63) is 138 Å². The Morgan fingerprint density at radius 3 is 1.58 bits per heavy atom. The molecule has 0 N–H and O–H groups in total. The molecule has 0 aromatic heterocycles. The molecule has 0 aliphatic carbocycles. The second-order valence-corrected chi connectivity index (χ2v) is 10.5. The van der Waals surface area contributed by atoms with E-state index in [4.69, 9.17) is 28.7 Å². The number of para-hydroxylation sites is 1. The minimum Gasteiger partial charge on any atom is -0.480 e. The highest BCUT2D eigenvalue weighted by Crippen LogP contribution is 2.52. The molecule has 1 aliphatic heterocycles. The summed E-state index contributed by atoms with van der Waals surface area (Å²) >= 11 is 0. The highest BCUT2D eigenvalue weighted by atomic mass is 16.5. The van der Waals surface area contributed by atoms with Gasteiger partial charge in [0.25, 0.3) is 0 Å². The van der Waals surface area contributed by atoms with Gasteiger partial charge in [-0.05, 0) is 52.6 Å². The van der Waals surface area contributed by atoms with Crippen LogP contribution in [0.3, 0.4) is 0 Å². The van der Waals surface area contributed by atoms with Crippen molar-refractivity contribution in [2.24, 2.45) is 0 Å². The van der Waals surface area contributed by atoms with Crippen LogP contribution in [0.2, 0.25) is 0 Å². The highest BCUT2D eigenvalue weighted by molar-refractivity contribution is 6.13. The third kappa shape index (κ3) is 5.08. The number of terminal acetylenes is 3. The predicted molar refractivity (Wildman–Crippen MR) is 180 cm³/mol. The molecule has 0 saturated carbocycles. The average Bonchev–Trinajstić information content (AvgIpc) is 3.35. The molecule has 216 valence electrons. The van der Waals surface area contributed by atoms with E-state index < -0.39 is 5.41 Å². The first-order chi connectivity index (χ1) is 22.1. The largest absolute Gasteiger partial charge is 0.480 e. The van der Waals surface area contributed by atoms with E-state index in [1.165, 1.54) is 0 Å². The fourth-order valence-electron chi connectivity index (χ4n) is 6.13. The third-order valence-electron chi connectivity index (χ3n) is 8.03. The first-order valence-corrected chi connectivity index (χ1v) is 14.5. The summed E-state index contributed by atoms with van der Waals surface area (Å²) in [7, 11) is 0. The van der Waals surface area contributed by atoms with E-state index in [-0.39, 0.29) is 25.7 Å². The number of ether oxygens (including phenoxy) is 2. The standard InChI is InChI=1S/C41H29NO3/c1-4-25-42-37-20-14-13-19-36(37)41(40(42)43,32-21-23-38(44-26-5-2)34(28-32)30-15-9-7-10-16-30)33-22-24-39(45-27-6-3)35(29-33)31-17-11-8-12-18-31/h1-3,7-24,28-29H,25-27H2. The van der Waals surface area contributed by atoms with Crippen LogP contribution in [0.25, 0.3) is 22.3 Å². The molecule has 5 aromatic carbocycles. The molecule has 0 bridgehead atoms. The molecule has 1 aliphatic rings. The van der Waals surface area contributed by atoms with Gasteiger partial charge in [-0.1, -0.05) is 109 Å². The number of amides is 1. The number of benzene rings is 5. The molecule has 45 heavy (non-hydrogen) atoms. The van der Waals surface area contributed by atoms with Gasteiger partial charge in [0.15, 0.2) is 0 Å². The summed E-state index contributed by atoms with van der Waals surface area (Å²) < 4.78 is 12.0. The number of hydrogen-bond donors (Lipinski definition) is 0. The molecule has 0 spiro atoms. The smallest absolute Gasteiger partial charge is 0.247 e. The van der Waals surface area contributed by atoms with Crippen LogP contribution in [0.4, 0.5) is 5.69 Å². The van der Waals surface area contributed by atoms with Gasteiger partial charge in [-0.25, -0.2) is 0 Å². The van der Waals surface area contributed by atoms with Crippen molar-refractivity contribution >= 4 is 11.6 Å². The quantitative estimate of drug-likeness (QED) is 0.170. The number of anilines is 1. The maximum Gasteiger partial charge on any atom is 0.247 e. The number of rotatable bonds is 9. The summed E-state index contributed by atoms with van der Waals surface area (Å²) in [6.45, 7) is 0.352. The second-order valence-electron chi connectivity index (χ2n) is 10.5. The van der Waals surface area contributed by atoms with Crippen LogP contribution >= 0.6 is 0 Å². The Kier molecular flexibility index (Phi) is 8.11. The Bertz CT molecular complexity index is 1890. The van der Waals surface area contributed by atoms with Crippen LogP contribution in [0.1, 0.15) is 16.7 Å². The first-order valence-electron chi connectivity index (χ1n) is 14.5. The van der Waals surface area contributed by atoms with E-state index >= 15 is 0 Å². The molecule has 1 amide bonds. The van der Waals surface area contributed by atoms with Crippen LogP contribution in [-0.4, -0.2) is 25.7 Å². The summed E-state index contributed by atoms with van der Waals surface area (Å²) in [6.07, 6.45) is 16.9. The fraction of sp³-hybridized carbons (Fsp3) is 0.0976. The van der Waals surface area contributed by atoms with E-state index in [2.05, 4.69) is 17.8 Å². The van der Waals surface area contributed by atoms with Gasteiger partial charge >= 0.3 is 0 Å². The zero-order valence-corrected chi connectivity index (χ0v) is 24.6. The number of carbonyl (C=O) groups is 1. The van der Waals surface area contributed by atoms with Crippen molar-refractivity contribution in [2.75, 3.05) is 24.7 Å². The summed E-state index contributed by atoms with van der Waals surface area (Å²) in [6, 6.07) is 39.3. The van der Waals surface area contributed by atoms with Crippen LogP contribution in [-0.2, 0) is 10.2 Å². The van der Waals surface area contributed by atoms with Crippen LogP contribution < -0.4 is 14.4 Å². The molecule has 6 rings (SSSR count). The van der Waals surface area contributed by atoms with Gasteiger partial charge in [0, 0.05) is 22.4 Å². The zero-order valence-electron chi connectivity index (χ0n) is 24.6. The van der Waals surface area contributed by atoms with E-state index in [9.17, 15) is 4.79 Å². The first kappa shape index (κ1) is 28.9. The molecule has 0 atom stereocenters. The zero-order chi connectivity index (χ0) is 31.2. The lowest BCUT2D eigenvalue weighted by atomic mass is 9.69. The van der Waals surface area contributed by atoms with Gasteiger partial charge < -0.3 is 9.47 Å². The molecule has 0 unspecified atom stereocenters. The molecule has 1 heterocycles. The minimum atomic E-state index is -1.24. The summed E-state index contributed by atoms with van der Waals surface area (Å²) in [4.78, 5) is 16.7. The van der Waals surface area contributed by atoms with Crippen LogP contribution in [0.15, 0.2) is 121 Å². The van der Waals surface area contributed by atoms with Gasteiger partial charge in [0.05, 0.1) is 6.54 Å². The number of hydrogen-bond acceptors (Lipinski definition) is 3. The van der Waals surface area contributed by atoms with Crippen LogP contribution in [0.5, 0.6) is 11.5 Å². The average molecular weight is 584 g/mol. The number of nitrogens with zero attached hydrogens (tertiary/aromatic N) is 1. The monoisotopic (exact) mass is 583 g/mol. The fourth-order valence-corrected chi connectivity index (χ4v) is 6.13. The van der Waals surface area contributed by atoms with Gasteiger partial charge in [-0.15, -0.1) is 19.3 Å². The van der Waals surface area contributed by atoms with Crippen molar-refractivity contribution in [1.29, 1.82) is 0 Å². The lowest BCUT2D eigenvalue weighted by Crippen LogP contribution is -2.42. The molecule has 4 nitrogen and oxygen atoms in total. The Hall–Kier alpha value is -6.15. The van der Waals surface area contributed by atoms with Crippen LogP contribution in [0, 0.1) is 37.0 Å². The maximum absolute atomic E-state index is 15.0. The molecule has 5 aromatic rings. The molecule has 4 heteroatoms. The molecule has 0 fully saturated rings. The van der Waals surface area contributed by atoms with Gasteiger partial charge in [0.1, 0.15) is 30.1 Å². The van der Waals surface area contributed by atoms with Crippen molar-refractivity contribution in [2.45, 2.75) is 5.41 Å². The van der Waals surface area contributed by atoms with Gasteiger partial charge in [-0.3, -0.25) is 9.69 Å². The minimum absolute atomic E-state index is 0.113. The Labute approximate surface area is 264 Å².